The summed E-state index contributed by atoms with van der Waals surface area (Å²) in [5, 5.41) is 7.82. The number of nitrogens with one attached hydrogen (secondary N) is 1. The molecule has 2 rings (SSSR count). The van der Waals surface area contributed by atoms with E-state index in [0.717, 1.165) is 22.3 Å². The average Bonchev–Trinajstić information content (AvgIpc) is 2.75. The van der Waals surface area contributed by atoms with Crippen molar-refractivity contribution < 1.29 is 4.52 Å². The fourth-order valence-electron chi connectivity index (χ4n) is 1.46. The number of hydrogen-bond donors (Lipinski definition) is 1. The lowest BCUT2D eigenvalue weighted by Crippen LogP contribution is -2.11. The van der Waals surface area contributed by atoms with Gasteiger partial charge in [0.25, 0.3) is 0 Å². The first-order valence-corrected chi connectivity index (χ1v) is 6.49. The second-order valence-corrected chi connectivity index (χ2v) is 4.91. The summed E-state index contributed by atoms with van der Waals surface area (Å²) in [7, 11) is 0. The molecule has 0 atom stereocenters. The van der Waals surface area contributed by atoms with E-state index in [0.29, 0.717) is 17.3 Å². The van der Waals surface area contributed by atoms with Crippen LogP contribution in [0, 0.1) is 0 Å². The first kappa shape index (κ1) is 12.6. The van der Waals surface area contributed by atoms with Gasteiger partial charge in [-0.05, 0) is 24.7 Å². The van der Waals surface area contributed by atoms with Crippen LogP contribution < -0.4 is 5.32 Å². The van der Waals surface area contributed by atoms with Crippen LogP contribution in [0.2, 0.25) is 5.02 Å². The van der Waals surface area contributed by atoms with Crippen molar-refractivity contribution in [2.24, 2.45) is 0 Å². The van der Waals surface area contributed by atoms with Crippen LogP contribution in [0.15, 0.2) is 33.3 Å². The van der Waals surface area contributed by atoms with Crippen LogP contribution in [0.5, 0.6) is 0 Å². The highest BCUT2D eigenvalue weighted by molar-refractivity contribution is 9.10. The van der Waals surface area contributed by atoms with Crippen LogP contribution in [0.4, 0.5) is 0 Å². The Morgan fingerprint density at radius 3 is 2.94 bits per heavy atom. The summed E-state index contributed by atoms with van der Waals surface area (Å²) in [6.45, 7) is 3.65. The van der Waals surface area contributed by atoms with E-state index in [4.69, 9.17) is 16.1 Å². The maximum Gasteiger partial charge on any atom is 0.168 e. The van der Waals surface area contributed by atoms with Crippen molar-refractivity contribution in [2.75, 3.05) is 6.54 Å². The highest BCUT2D eigenvalue weighted by Crippen LogP contribution is 2.30. The molecule has 0 saturated heterocycles. The van der Waals surface area contributed by atoms with Gasteiger partial charge in [0.15, 0.2) is 5.76 Å². The summed E-state index contributed by atoms with van der Waals surface area (Å²) in [6.07, 6.45) is 0. The number of halogens is 2. The second kappa shape index (κ2) is 5.67. The summed E-state index contributed by atoms with van der Waals surface area (Å²) in [4.78, 5) is 0. The Balaban J connectivity index is 2.24. The van der Waals surface area contributed by atoms with Gasteiger partial charge in [0.1, 0.15) is 0 Å². The van der Waals surface area contributed by atoms with E-state index in [9.17, 15) is 0 Å². The first-order chi connectivity index (χ1) is 8.20. The molecule has 1 aromatic heterocycles. The van der Waals surface area contributed by atoms with Crippen LogP contribution >= 0.6 is 27.5 Å². The lowest BCUT2D eigenvalue weighted by Gasteiger charge is -1.99. The highest BCUT2D eigenvalue weighted by Gasteiger charge is 2.10. The van der Waals surface area contributed by atoms with Crippen molar-refractivity contribution in [1.82, 2.24) is 10.5 Å². The largest absolute Gasteiger partial charge is 0.356 e. The lowest BCUT2D eigenvalue weighted by atomic mass is 10.1. The van der Waals surface area contributed by atoms with Gasteiger partial charge in [0.05, 0.1) is 10.7 Å². The minimum Gasteiger partial charge on any atom is -0.356 e. The minimum absolute atomic E-state index is 0.644. The fourth-order valence-corrected chi connectivity index (χ4v) is 2.23. The molecule has 17 heavy (non-hydrogen) atoms. The number of benzene rings is 1. The average molecular weight is 316 g/mol. The van der Waals surface area contributed by atoms with Crippen molar-refractivity contribution in [2.45, 2.75) is 13.5 Å². The number of nitrogens with zero attached hydrogens (tertiary/aromatic N) is 1. The van der Waals surface area contributed by atoms with E-state index in [1.54, 1.807) is 0 Å². The van der Waals surface area contributed by atoms with Gasteiger partial charge >= 0.3 is 0 Å². The zero-order valence-corrected chi connectivity index (χ0v) is 11.7. The van der Waals surface area contributed by atoms with Gasteiger partial charge in [0, 0.05) is 22.6 Å². The molecule has 0 aliphatic heterocycles. The summed E-state index contributed by atoms with van der Waals surface area (Å²) in [5.74, 6) is 0.690. The van der Waals surface area contributed by atoms with E-state index in [-0.39, 0.29) is 0 Å². The molecule has 0 bridgehead atoms. The molecule has 90 valence electrons. The summed E-state index contributed by atoms with van der Waals surface area (Å²) < 4.78 is 6.22. The van der Waals surface area contributed by atoms with E-state index in [1.807, 2.05) is 31.2 Å². The van der Waals surface area contributed by atoms with Crippen LogP contribution in [0.1, 0.15) is 12.6 Å². The molecule has 0 radical (unpaired) electrons. The Kier molecular flexibility index (Phi) is 4.20. The van der Waals surface area contributed by atoms with E-state index >= 15 is 0 Å². The van der Waals surface area contributed by atoms with Gasteiger partial charge in [-0.25, -0.2) is 0 Å². The Hall–Kier alpha value is -0.840. The van der Waals surface area contributed by atoms with Gasteiger partial charge in [-0.2, -0.15) is 0 Å². The third-order valence-electron chi connectivity index (χ3n) is 2.31. The first-order valence-electron chi connectivity index (χ1n) is 5.32. The van der Waals surface area contributed by atoms with Crippen LogP contribution in [0.3, 0.4) is 0 Å². The highest BCUT2D eigenvalue weighted by atomic mass is 79.9. The van der Waals surface area contributed by atoms with E-state index in [1.165, 1.54) is 0 Å². The van der Waals surface area contributed by atoms with Crippen LogP contribution in [-0.4, -0.2) is 11.7 Å². The molecule has 1 aromatic carbocycles. The maximum atomic E-state index is 6.14. The SMILES string of the molecule is CCNCc1cc(-c2ccc(Br)cc2Cl)on1. The number of rotatable bonds is 4. The maximum absolute atomic E-state index is 6.14. The fraction of sp³-hybridized carbons (Fsp3) is 0.250. The third kappa shape index (κ3) is 3.09. The molecule has 0 fully saturated rings. The van der Waals surface area contributed by atoms with Gasteiger partial charge < -0.3 is 9.84 Å². The molecular formula is C12H12BrClN2O. The predicted molar refractivity (Wildman–Crippen MR) is 72.0 cm³/mol. The lowest BCUT2D eigenvalue weighted by molar-refractivity contribution is 0.420. The van der Waals surface area contributed by atoms with Gasteiger partial charge in [0.2, 0.25) is 0 Å². The Morgan fingerprint density at radius 2 is 2.24 bits per heavy atom. The summed E-state index contributed by atoms with van der Waals surface area (Å²) in [6, 6.07) is 7.57. The van der Waals surface area contributed by atoms with Crippen molar-refractivity contribution in [1.29, 1.82) is 0 Å². The molecule has 0 aliphatic carbocycles. The normalized spacial score (nSPS) is 10.8. The number of aromatic nitrogens is 1. The monoisotopic (exact) mass is 314 g/mol. The van der Waals surface area contributed by atoms with Crippen molar-refractivity contribution in [3.8, 4) is 11.3 Å². The Morgan fingerprint density at radius 1 is 1.41 bits per heavy atom. The molecule has 1 N–H and O–H groups in total. The van der Waals surface area contributed by atoms with Crippen molar-refractivity contribution in [3.63, 3.8) is 0 Å². The topological polar surface area (TPSA) is 38.1 Å². The second-order valence-electron chi connectivity index (χ2n) is 3.59. The molecule has 0 unspecified atom stereocenters. The molecule has 2 aromatic rings. The molecule has 0 aliphatic rings. The Bertz CT molecular complexity index is 513. The van der Waals surface area contributed by atoms with Crippen LogP contribution in [-0.2, 0) is 6.54 Å². The number of hydrogen-bond acceptors (Lipinski definition) is 3. The molecule has 0 spiro atoms. The van der Waals surface area contributed by atoms with E-state index < -0.39 is 0 Å². The zero-order chi connectivity index (χ0) is 12.3. The van der Waals surface area contributed by atoms with Crippen LogP contribution in [0.25, 0.3) is 11.3 Å². The summed E-state index contributed by atoms with van der Waals surface area (Å²) in [5.41, 5.74) is 1.73. The molecule has 1 heterocycles. The van der Waals surface area contributed by atoms with Crippen molar-refractivity contribution in [3.05, 3.63) is 39.5 Å². The molecule has 5 heteroatoms. The van der Waals surface area contributed by atoms with Gasteiger partial charge in [-0.15, -0.1) is 0 Å². The Labute approximate surface area is 113 Å². The van der Waals surface area contributed by atoms with E-state index in [2.05, 4.69) is 26.4 Å². The van der Waals surface area contributed by atoms with Crippen molar-refractivity contribution >= 4 is 27.5 Å². The predicted octanol–water partition coefficient (Wildman–Crippen LogP) is 3.87. The third-order valence-corrected chi connectivity index (χ3v) is 3.12. The molecular weight excluding hydrogens is 304 g/mol. The minimum atomic E-state index is 0.644. The van der Waals surface area contributed by atoms with Gasteiger partial charge in [-0.1, -0.05) is 39.6 Å². The smallest absolute Gasteiger partial charge is 0.168 e. The molecule has 3 nitrogen and oxygen atoms in total. The molecule has 0 saturated carbocycles. The zero-order valence-electron chi connectivity index (χ0n) is 9.34. The summed E-state index contributed by atoms with van der Waals surface area (Å²) >= 11 is 9.51. The van der Waals surface area contributed by atoms with Gasteiger partial charge in [-0.3, -0.25) is 0 Å². The quantitative estimate of drug-likeness (QED) is 0.931. The molecule has 0 amide bonds. The standard InChI is InChI=1S/C12H12BrClN2O/c1-2-15-7-9-6-12(17-16-9)10-4-3-8(13)5-11(10)14/h3-6,15H,2,7H2,1H3.